The Balaban J connectivity index is 1.52. The number of rotatable bonds is 4. The molecule has 2 aromatic heterocycles. The van der Waals surface area contributed by atoms with Crippen molar-refractivity contribution in [2.45, 2.75) is 19.9 Å². The van der Waals surface area contributed by atoms with Gasteiger partial charge in [0.1, 0.15) is 5.82 Å². The van der Waals surface area contributed by atoms with Gasteiger partial charge in [-0.25, -0.2) is 4.98 Å². The first-order valence-corrected chi connectivity index (χ1v) is 10.4. The summed E-state index contributed by atoms with van der Waals surface area (Å²) in [6.07, 6.45) is 0.895. The molecule has 1 fully saturated rings. The van der Waals surface area contributed by atoms with E-state index in [0.717, 1.165) is 60.5 Å². The Hall–Kier alpha value is -1.19. The number of halogens is 1. The van der Waals surface area contributed by atoms with E-state index in [9.17, 15) is 0 Å². The molecule has 0 saturated carbocycles. The fraction of sp³-hybridized carbons (Fsp3) is 0.533. The topological polar surface area (TPSA) is 56.7 Å². The molecule has 2 aromatic rings. The standard InChI is InChI=1S/C15H21BrN6S2/c1-3-13-19-15(24-20-13)22-6-4-21(5-7-22)14(17-2)18-9-12-8-11(16)10-23-12/h8,10H,3-7,9H2,1-2H3,(H,17,18). The van der Waals surface area contributed by atoms with Crippen LogP contribution in [0, 0.1) is 0 Å². The molecule has 6 nitrogen and oxygen atoms in total. The van der Waals surface area contributed by atoms with E-state index in [1.165, 1.54) is 16.4 Å². The molecule has 0 aromatic carbocycles. The SMILES string of the molecule is CCc1nsc(N2CCN(C(=NC)NCc3cc(Br)cs3)CC2)n1. The van der Waals surface area contributed by atoms with Gasteiger partial charge in [0.2, 0.25) is 5.13 Å². The third-order valence-electron chi connectivity index (χ3n) is 3.88. The number of nitrogens with one attached hydrogen (secondary N) is 1. The summed E-state index contributed by atoms with van der Waals surface area (Å²) in [4.78, 5) is 14.9. The van der Waals surface area contributed by atoms with E-state index < -0.39 is 0 Å². The van der Waals surface area contributed by atoms with Gasteiger partial charge >= 0.3 is 0 Å². The summed E-state index contributed by atoms with van der Waals surface area (Å²) in [5, 5.41) is 6.60. The van der Waals surface area contributed by atoms with Crippen LogP contribution in [0.5, 0.6) is 0 Å². The molecule has 1 N–H and O–H groups in total. The average Bonchev–Trinajstić information content (AvgIpc) is 3.25. The summed E-state index contributed by atoms with van der Waals surface area (Å²) in [6, 6.07) is 2.14. The molecule has 130 valence electrons. The molecule has 0 radical (unpaired) electrons. The third-order valence-corrected chi connectivity index (χ3v) is 6.39. The van der Waals surface area contributed by atoms with E-state index in [0.29, 0.717) is 0 Å². The number of hydrogen-bond donors (Lipinski definition) is 1. The van der Waals surface area contributed by atoms with Crippen molar-refractivity contribution in [2.24, 2.45) is 4.99 Å². The molecule has 24 heavy (non-hydrogen) atoms. The largest absolute Gasteiger partial charge is 0.351 e. The fourth-order valence-corrected chi connectivity index (χ4v) is 4.76. The van der Waals surface area contributed by atoms with Crippen LogP contribution < -0.4 is 10.2 Å². The van der Waals surface area contributed by atoms with Gasteiger partial charge in [0.25, 0.3) is 0 Å². The highest BCUT2D eigenvalue weighted by molar-refractivity contribution is 9.10. The molecule has 3 rings (SSSR count). The fourth-order valence-electron chi connectivity index (χ4n) is 2.57. The maximum Gasteiger partial charge on any atom is 0.205 e. The normalized spacial score (nSPS) is 15.9. The van der Waals surface area contributed by atoms with E-state index in [-0.39, 0.29) is 0 Å². The van der Waals surface area contributed by atoms with Crippen LogP contribution in [0.4, 0.5) is 5.13 Å². The summed E-state index contributed by atoms with van der Waals surface area (Å²) in [5.41, 5.74) is 0. The molecule has 1 aliphatic heterocycles. The lowest BCUT2D eigenvalue weighted by molar-refractivity contribution is 0.372. The van der Waals surface area contributed by atoms with Gasteiger partial charge in [0.05, 0.1) is 6.54 Å². The average molecular weight is 429 g/mol. The van der Waals surface area contributed by atoms with Gasteiger partial charge in [0, 0.05) is 65.9 Å². The Morgan fingerprint density at radius 1 is 1.38 bits per heavy atom. The van der Waals surface area contributed by atoms with Crippen LogP contribution in [0.3, 0.4) is 0 Å². The maximum absolute atomic E-state index is 4.59. The number of hydrogen-bond acceptors (Lipinski definition) is 6. The highest BCUT2D eigenvalue weighted by Gasteiger charge is 2.22. The van der Waals surface area contributed by atoms with Crippen molar-refractivity contribution >= 4 is 49.9 Å². The minimum atomic E-state index is 0.805. The van der Waals surface area contributed by atoms with Gasteiger partial charge in [0.15, 0.2) is 5.96 Å². The van der Waals surface area contributed by atoms with Crippen LogP contribution in [-0.4, -0.2) is 53.4 Å². The van der Waals surface area contributed by atoms with Crippen molar-refractivity contribution < 1.29 is 0 Å². The molecule has 0 aliphatic carbocycles. The van der Waals surface area contributed by atoms with Crippen LogP contribution in [0.2, 0.25) is 0 Å². The Morgan fingerprint density at radius 3 is 2.75 bits per heavy atom. The molecule has 0 spiro atoms. The van der Waals surface area contributed by atoms with E-state index in [4.69, 9.17) is 0 Å². The highest BCUT2D eigenvalue weighted by atomic mass is 79.9. The van der Waals surface area contributed by atoms with Crippen molar-refractivity contribution in [3.05, 3.63) is 26.6 Å². The number of nitrogens with zero attached hydrogens (tertiary/aromatic N) is 5. The Labute approximate surface area is 158 Å². The van der Waals surface area contributed by atoms with Crippen LogP contribution in [-0.2, 0) is 13.0 Å². The zero-order valence-electron chi connectivity index (χ0n) is 13.8. The Kier molecular flexibility index (Phi) is 6.07. The number of anilines is 1. The molecule has 3 heterocycles. The summed E-state index contributed by atoms with van der Waals surface area (Å²) in [5.74, 6) is 1.91. The summed E-state index contributed by atoms with van der Waals surface area (Å²) in [6.45, 7) is 6.67. The predicted molar refractivity (Wildman–Crippen MR) is 105 cm³/mol. The number of aromatic nitrogens is 2. The minimum absolute atomic E-state index is 0.805. The van der Waals surface area contributed by atoms with Crippen molar-refractivity contribution in [2.75, 3.05) is 38.1 Å². The molecular formula is C15H21BrN6S2. The molecule has 1 aliphatic rings. The summed E-state index contributed by atoms with van der Waals surface area (Å²) in [7, 11) is 1.84. The summed E-state index contributed by atoms with van der Waals surface area (Å²) < 4.78 is 5.52. The molecule has 9 heteroatoms. The number of aryl methyl sites for hydroxylation is 1. The molecule has 0 atom stereocenters. The summed E-state index contributed by atoms with van der Waals surface area (Å²) >= 11 is 6.74. The monoisotopic (exact) mass is 428 g/mol. The lowest BCUT2D eigenvalue weighted by Gasteiger charge is -2.36. The zero-order chi connectivity index (χ0) is 16.9. The minimum Gasteiger partial charge on any atom is -0.351 e. The predicted octanol–water partition coefficient (Wildman–Crippen LogP) is 2.82. The van der Waals surface area contributed by atoms with Gasteiger partial charge in [-0.05, 0) is 22.0 Å². The number of thiophene rings is 1. The number of guanidine groups is 1. The van der Waals surface area contributed by atoms with E-state index in [1.807, 2.05) is 7.05 Å². The first kappa shape index (κ1) is 17.6. The first-order chi connectivity index (χ1) is 11.7. The van der Waals surface area contributed by atoms with Gasteiger partial charge < -0.3 is 15.1 Å². The molecular weight excluding hydrogens is 408 g/mol. The van der Waals surface area contributed by atoms with Crippen LogP contribution in [0.25, 0.3) is 0 Å². The molecule has 0 unspecified atom stereocenters. The van der Waals surface area contributed by atoms with Gasteiger partial charge in [-0.3, -0.25) is 4.99 Å². The van der Waals surface area contributed by atoms with Gasteiger partial charge in [-0.15, -0.1) is 11.3 Å². The van der Waals surface area contributed by atoms with E-state index in [2.05, 4.69) is 63.8 Å². The van der Waals surface area contributed by atoms with Gasteiger partial charge in [-0.1, -0.05) is 6.92 Å². The second kappa shape index (κ2) is 8.26. The van der Waals surface area contributed by atoms with E-state index in [1.54, 1.807) is 11.3 Å². The zero-order valence-corrected chi connectivity index (χ0v) is 17.0. The molecule has 0 amide bonds. The maximum atomic E-state index is 4.59. The Bertz CT molecular complexity index is 690. The number of aliphatic imine (C=N–C) groups is 1. The van der Waals surface area contributed by atoms with E-state index >= 15 is 0 Å². The van der Waals surface area contributed by atoms with Crippen molar-refractivity contribution in [1.82, 2.24) is 19.6 Å². The van der Waals surface area contributed by atoms with Crippen molar-refractivity contribution in [3.8, 4) is 0 Å². The Morgan fingerprint density at radius 2 is 2.17 bits per heavy atom. The highest BCUT2D eigenvalue weighted by Crippen LogP contribution is 2.20. The molecule has 0 bridgehead atoms. The van der Waals surface area contributed by atoms with Crippen molar-refractivity contribution in [1.29, 1.82) is 0 Å². The smallest absolute Gasteiger partial charge is 0.205 e. The van der Waals surface area contributed by atoms with Crippen LogP contribution in [0.1, 0.15) is 17.6 Å². The lowest BCUT2D eigenvalue weighted by atomic mass is 10.3. The van der Waals surface area contributed by atoms with Crippen molar-refractivity contribution in [3.63, 3.8) is 0 Å². The first-order valence-electron chi connectivity index (χ1n) is 7.95. The van der Waals surface area contributed by atoms with Crippen LogP contribution >= 0.6 is 38.8 Å². The molecule has 1 saturated heterocycles. The van der Waals surface area contributed by atoms with Gasteiger partial charge in [-0.2, -0.15) is 4.37 Å². The second-order valence-corrected chi connectivity index (χ2v) is 8.09. The second-order valence-electron chi connectivity index (χ2n) is 5.45. The third kappa shape index (κ3) is 4.25. The number of piperazine rings is 1. The lowest BCUT2D eigenvalue weighted by Crippen LogP contribution is -2.52. The quantitative estimate of drug-likeness (QED) is 0.599. The van der Waals surface area contributed by atoms with Crippen LogP contribution in [0.15, 0.2) is 20.9 Å².